The number of likely N-dealkylation sites (tertiary alicyclic amines) is 1. The molecule has 3 rings (SSSR count). The highest BCUT2D eigenvalue weighted by atomic mass is 16.4. The molecule has 0 amide bonds. The van der Waals surface area contributed by atoms with Crippen molar-refractivity contribution in [2.45, 2.75) is 52.4 Å². The molecule has 0 unspecified atom stereocenters. The number of hydrogen-bond donors (Lipinski definition) is 3. The van der Waals surface area contributed by atoms with Crippen LogP contribution in [0.25, 0.3) is 0 Å². The summed E-state index contributed by atoms with van der Waals surface area (Å²) in [6, 6.07) is 4.80. The third kappa shape index (κ3) is 4.42. The SMILES string of the molecule is CN=C(CC1(C)CC(Cc2cc(O)cc(O)c2)C1)N1CCC(C)(C(=O)O)CC1. The van der Waals surface area contributed by atoms with E-state index < -0.39 is 11.4 Å². The molecule has 154 valence electrons. The fraction of sp³-hybridized carbons (Fsp3) is 0.636. The maximum Gasteiger partial charge on any atom is 0.309 e. The lowest BCUT2D eigenvalue weighted by Crippen LogP contribution is -2.47. The van der Waals surface area contributed by atoms with Gasteiger partial charge in [-0.25, -0.2) is 0 Å². The number of rotatable bonds is 5. The van der Waals surface area contributed by atoms with E-state index in [0.717, 1.165) is 50.2 Å². The number of piperidine rings is 1. The van der Waals surface area contributed by atoms with Crippen LogP contribution in [0.3, 0.4) is 0 Å². The number of benzene rings is 1. The van der Waals surface area contributed by atoms with Gasteiger partial charge in [0, 0.05) is 32.6 Å². The van der Waals surface area contributed by atoms with E-state index in [4.69, 9.17) is 0 Å². The van der Waals surface area contributed by atoms with Crippen LogP contribution < -0.4 is 0 Å². The molecule has 3 N–H and O–H groups in total. The molecule has 6 nitrogen and oxygen atoms in total. The van der Waals surface area contributed by atoms with Gasteiger partial charge in [0.25, 0.3) is 0 Å². The van der Waals surface area contributed by atoms with Gasteiger partial charge in [-0.1, -0.05) is 6.92 Å². The van der Waals surface area contributed by atoms with Crippen molar-refractivity contribution < 1.29 is 20.1 Å². The molecular weight excluding hydrogens is 356 g/mol. The third-order valence-corrected chi connectivity index (χ3v) is 6.64. The first-order valence-corrected chi connectivity index (χ1v) is 10.1. The minimum Gasteiger partial charge on any atom is -0.508 e. The average Bonchev–Trinajstić information content (AvgIpc) is 2.58. The van der Waals surface area contributed by atoms with Crippen molar-refractivity contribution in [3.63, 3.8) is 0 Å². The van der Waals surface area contributed by atoms with Crippen molar-refractivity contribution in [1.29, 1.82) is 0 Å². The molecule has 1 aliphatic heterocycles. The highest BCUT2D eigenvalue weighted by Gasteiger charge is 2.43. The second-order valence-corrected chi connectivity index (χ2v) is 9.32. The number of carboxylic acid groups (broad SMARTS) is 1. The van der Waals surface area contributed by atoms with Crippen LogP contribution >= 0.6 is 0 Å². The number of hydrogen-bond acceptors (Lipinski definition) is 4. The van der Waals surface area contributed by atoms with E-state index in [0.29, 0.717) is 18.8 Å². The summed E-state index contributed by atoms with van der Waals surface area (Å²) in [4.78, 5) is 18.2. The van der Waals surface area contributed by atoms with Crippen LogP contribution in [0.5, 0.6) is 11.5 Å². The van der Waals surface area contributed by atoms with Crippen molar-refractivity contribution >= 4 is 11.8 Å². The number of amidine groups is 1. The molecular formula is C22H32N2O4. The lowest BCUT2D eigenvalue weighted by atomic mass is 9.60. The molecule has 0 radical (unpaired) electrons. The van der Waals surface area contributed by atoms with Gasteiger partial charge in [0.2, 0.25) is 0 Å². The molecule has 2 aliphatic rings. The Kier molecular flexibility index (Phi) is 5.60. The normalized spacial score (nSPS) is 27.3. The molecule has 0 aromatic heterocycles. The number of aromatic hydroxyl groups is 2. The molecule has 28 heavy (non-hydrogen) atoms. The van der Waals surface area contributed by atoms with Crippen LogP contribution in [-0.4, -0.2) is 52.2 Å². The number of carbonyl (C=O) groups is 1. The van der Waals surface area contributed by atoms with Crippen LogP contribution in [0.4, 0.5) is 0 Å². The van der Waals surface area contributed by atoms with Crippen LogP contribution in [0, 0.1) is 16.7 Å². The largest absolute Gasteiger partial charge is 0.508 e. The van der Waals surface area contributed by atoms with E-state index in [1.54, 1.807) is 12.1 Å². The lowest BCUT2D eigenvalue weighted by molar-refractivity contribution is -0.150. The lowest BCUT2D eigenvalue weighted by Gasteiger charge is -2.48. The summed E-state index contributed by atoms with van der Waals surface area (Å²) in [5.41, 5.74) is 0.553. The van der Waals surface area contributed by atoms with E-state index in [9.17, 15) is 20.1 Å². The van der Waals surface area contributed by atoms with E-state index in [2.05, 4.69) is 16.8 Å². The second kappa shape index (κ2) is 7.64. The van der Waals surface area contributed by atoms with Gasteiger partial charge in [-0.15, -0.1) is 0 Å². The first-order chi connectivity index (χ1) is 13.1. The summed E-state index contributed by atoms with van der Waals surface area (Å²) in [5.74, 6) is 1.14. The first-order valence-electron chi connectivity index (χ1n) is 10.1. The zero-order valence-corrected chi connectivity index (χ0v) is 17.1. The molecule has 0 spiro atoms. The summed E-state index contributed by atoms with van der Waals surface area (Å²) in [6.07, 6.45) is 5.25. The highest BCUT2D eigenvalue weighted by Crippen LogP contribution is 2.50. The highest BCUT2D eigenvalue weighted by molar-refractivity contribution is 5.83. The quantitative estimate of drug-likeness (QED) is 0.529. The van der Waals surface area contributed by atoms with Crippen molar-refractivity contribution in [2.75, 3.05) is 20.1 Å². The zero-order chi connectivity index (χ0) is 20.5. The predicted octanol–water partition coefficient (Wildman–Crippen LogP) is 3.66. The van der Waals surface area contributed by atoms with Crippen molar-refractivity contribution in [3.8, 4) is 11.5 Å². The molecule has 0 bridgehead atoms. The Hall–Kier alpha value is -2.24. The maximum absolute atomic E-state index is 11.5. The number of carboxylic acids is 1. The predicted molar refractivity (Wildman–Crippen MR) is 109 cm³/mol. The molecule has 0 atom stereocenters. The van der Waals surface area contributed by atoms with Crippen LogP contribution in [-0.2, 0) is 11.2 Å². The van der Waals surface area contributed by atoms with Gasteiger partial charge < -0.3 is 20.2 Å². The molecule has 1 saturated carbocycles. The van der Waals surface area contributed by atoms with Gasteiger partial charge >= 0.3 is 5.97 Å². The first kappa shape index (κ1) is 20.5. The minimum atomic E-state index is -0.700. The summed E-state index contributed by atoms with van der Waals surface area (Å²) < 4.78 is 0. The second-order valence-electron chi connectivity index (χ2n) is 9.32. The Balaban J connectivity index is 1.53. The number of phenols is 2. The van der Waals surface area contributed by atoms with Gasteiger partial charge in [0.15, 0.2) is 0 Å². The topological polar surface area (TPSA) is 93.4 Å². The summed E-state index contributed by atoms with van der Waals surface area (Å²) in [6.45, 7) is 5.63. The fourth-order valence-corrected chi connectivity index (χ4v) is 4.92. The number of aliphatic imine (C=N–C) groups is 1. The van der Waals surface area contributed by atoms with E-state index in [1.807, 2.05) is 14.0 Å². The molecule has 1 aliphatic carbocycles. The minimum absolute atomic E-state index is 0.107. The van der Waals surface area contributed by atoms with Gasteiger partial charge in [-0.05, 0) is 68.1 Å². The smallest absolute Gasteiger partial charge is 0.309 e. The molecule has 1 aromatic carbocycles. The van der Waals surface area contributed by atoms with Crippen molar-refractivity contribution in [2.24, 2.45) is 21.7 Å². The van der Waals surface area contributed by atoms with E-state index >= 15 is 0 Å². The summed E-state index contributed by atoms with van der Waals surface area (Å²) in [5, 5.41) is 28.7. The Bertz CT molecular complexity index is 740. The van der Waals surface area contributed by atoms with E-state index in [-0.39, 0.29) is 16.9 Å². The van der Waals surface area contributed by atoms with Crippen molar-refractivity contribution in [3.05, 3.63) is 23.8 Å². The standard InChI is InChI=1S/C22H32N2O4/c1-21(12-16(13-21)8-15-9-17(25)11-18(26)10-15)14-19(23-3)24-6-4-22(2,5-7-24)20(27)28/h9-11,16,25-26H,4-8,12-14H2,1-3H3,(H,27,28). The Labute approximate surface area is 166 Å². The van der Waals surface area contributed by atoms with E-state index in [1.165, 1.54) is 6.07 Å². The molecule has 1 aromatic rings. The number of phenolic OH excluding ortho intramolecular Hbond substituents is 2. The Morgan fingerprint density at radius 2 is 1.71 bits per heavy atom. The van der Waals surface area contributed by atoms with Gasteiger partial charge in [-0.2, -0.15) is 0 Å². The van der Waals surface area contributed by atoms with Crippen LogP contribution in [0.2, 0.25) is 0 Å². The summed E-state index contributed by atoms with van der Waals surface area (Å²) >= 11 is 0. The number of aliphatic carboxylic acids is 1. The summed E-state index contributed by atoms with van der Waals surface area (Å²) in [7, 11) is 1.83. The van der Waals surface area contributed by atoms with Crippen molar-refractivity contribution in [1.82, 2.24) is 4.90 Å². The monoisotopic (exact) mass is 388 g/mol. The van der Waals surface area contributed by atoms with Gasteiger partial charge in [-0.3, -0.25) is 9.79 Å². The average molecular weight is 389 g/mol. The van der Waals surface area contributed by atoms with Crippen LogP contribution in [0.1, 0.15) is 51.5 Å². The third-order valence-electron chi connectivity index (χ3n) is 6.64. The fourth-order valence-electron chi connectivity index (χ4n) is 4.92. The zero-order valence-electron chi connectivity index (χ0n) is 17.1. The molecule has 6 heteroatoms. The molecule has 2 fully saturated rings. The van der Waals surface area contributed by atoms with Gasteiger partial charge in [0.1, 0.15) is 11.5 Å². The Morgan fingerprint density at radius 1 is 1.14 bits per heavy atom. The molecule has 1 heterocycles. The van der Waals surface area contributed by atoms with Crippen LogP contribution in [0.15, 0.2) is 23.2 Å². The molecule has 1 saturated heterocycles. The van der Waals surface area contributed by atoms with Gasteiger partial charge in [0.05, 0.1) is 11.3 Å². The number of nitrogens with zero attached hydrogens (tertiary/aromatic N) is 2. The maximum atomic E-state index is 11.5. The Morgan fingerprint density at radius 3 is 2.21 bits per heavy atom.